The second kappa shape index (κ2) is 4.74. The van der Waals surface area contributed by atoms with Crippen LogP contribution in [-0.4, -0.2) is 15.7 Å². The largest absolute Gasteiger partial charge is 0.480 e. The van der Waals surface area contributed by atoms with Crippen molar-refractivity contribution in [3.63, 3.8) is 0 Å². The van der Waals surface area contributed by atoms with Crippen molar-refractivity contribution in [1.82, 2.24) is 9.97 Å². The summed E-state index contributed by atoms with van der Waals surface area (Å²) in [5.74, 6) is 2.90. The minimum absolute atomic E-state index is 0.138. The van der Waals surface area contributed by atoms with Crippen molar-refractivity contribution in [3.05, 3.63) is 41.3 Å². The zero-order valence-corrected chi connectivity index (χ0v) is 11.7. The highest BCUT2D eigenvalue weighted by atomic mass is 32.2. The van der Waals surface area contributed by atoms with Crippen LogP contribution < -0.4 is 10.5 Å². The van der Waals surface area contributed by atoms with Gasteiger partial charge >= 0.3 is 0 Å². The first kappa shape index (κ1) is 12.3. The van der Waals surface area contributed by atoms with Gasteiger partial charge in [-0.25, -0.2) is 9.97 Å². The van der Waals surface area contributed by atoms with Crippen LogP contribution in [-0.2, 0) is 0 Å². The highest BCUT2D eigenvalue weighted by Crippen LogP contribution is 2.39. The van der Waals surface area contributed by atoms with E-state index in [4.69, 9.17) is 10.5 Å². The fourth-order valence-electron chi connectivity index (χ4n) is 1.96. The van der Waals surface area contributed by atoms with Crippen LogP contribution in [0.5, 0.6) is 5.75 Å². The quantitative estimate of drug-likeness (QED) is 0.865. The number of aromatic nitrogens is 2. The molecule has 2 heterocycles. The maximum absolute atomic E-state index is 5.97. The van der Waals surface area contributed by atoms with Crippen molar-refractivity contribution in [2.75, 3.05) is 11.5 Å². The number of benzene rings is 1. The monoisotopic (exact) mass is 273 g/mol. The molecule has 98 valence electrons. The molecule has 0 aliphatic carbocycles. The number of hydrogen-bond donors (Lipinski definition) is 1. The number of hydrogen-bond acceptors (Lipinski definition) is 5. The van der Waals surface area contributed by atoms with E-state index in [0.717, 1.165) is 27.7 Å². The number of nitrogens with two attached hydrogens (primary N) is 1. The Balaban J connectivity index is 1.93. The molecule has 0 bridgehead atoms. The summed E-state index contributed by atoms with van der Waals surface area (Å²) in [7, 11) is 0. The Morgan fingerprint density at radius 1 is 1.26 bits per heavy atom. The molecule has 1 aliphatic rings. The molecule has 1 aromatic carbocycles. The predicted octanol–water partition coefficient (Wildman–Crippen LogP) is 2.90. The van der Waals surface area contributed by atoms with Gasteiger partial charge in [-0.2, -0.15) is 0 Å². The second-order valence-electron chi connectivity index (χ2n) is 4.54. The molecule has 5 heteroatoms. The topological polar surface area (TPSA) is 61.0 Å². The van der Waals surface area contributed by atoms with Crippen molar-refractivity contribution in [3.8, 4) is 5.75 Å². The van der Waals surface area contributed by atoms with E-state index in [9.17, 15) is 0 Å². The van der Waals surface area contributed by atoms with Crippen molar-refractivity contribution >= 4 is 17.6 Å². The van der Waals surface area contributed by atoms with E-state index in [1.54, 1.807) is 11.8 Å². The lowest BCUT2D eigenvalue weighted by Gasteiger charge is -2.25. The molecule has 0 fully saturated rings. The molecule has 19 heavy (non-hydrogen) atoms. The molecule has 0 amide bonds. The molecule has 1 aliphatic heterocycles. The third-order valence-corrected chi connectivity index (χ3v) is 4.36. The normalized spacial score (nSPS) is 17.7. The van der Waals surface area contributed by atoms with Crippen molar-refractivity contribution in [2.45, 2.75) is 24.8 Å². The van der Waals surface area contributed by atoms with E-state index >= 15 is 0 Å². The molecule has 0 spiro atoms. The Morgan fingerprint density at radius 3 is 2.84 bits per heavy atom. The van der Waals surface area contributed by atoms with Crippen LogP contribution in [0.25, 0.3) is 0 Å². The Hall–Kier alpha value is -1.75. The number of rotatable bonds is 1. The summed E-state index contributed by atoms with van der Waals surface area (Å²) < 4.78 is 5.97. The highest BCUT2D eigenvalue weighted by Gasteiger charge is 2.24. The number of para-hydroxylation sites is 1. The minimum atomic E-state index is -0.138. The molecule has 0 radical (unpaired) electrons. The molecule has 1 atom stereocenters. The first-order valence-electron chi connectivity index (χ1n) is 6.14. The third kappa shape index (κ3) is 2.26. The summed E-state index contributed by atoms with van der Waals surface area (Å²) >= 11 is 1.76. The van der Waals surface area contributed by atoms with E-state index in [2.05, 4.69) is 16.0 Å². The standard InChI is InChI=1S/C14H15N3OS/c1-8-9(2)16-14(17-13(8)15)11-7-19-12-6-4-3-5-10(12)18-11/h3-6,11H,7H2,1-2H3,(H2,15,16,17). The average molecular weight is 273 g/mol. The minimum Gasteiger partial charge on any atom is -0.480 e. The van der Waals surface area contributed by atoms with Crippen molar-refractivity contribution < 1.29 is 4.74 Å². The Kier molecular flexibility index (Phi) is 3.06. The Bertz CT molecular complexity index is 607. The van der Waals surface area contributed by atoms with E-state index in [1.165, 1.54) is 0 Å². The zero-order chi connectivity index (χ0) is 13.4. The van der Waals surface area contributed by atoms with E-state index in [-0.39, 0.29) is 6.10 Å². The molecular weight excluding hydrogens is 258 g/mol. The first-order chi connectivity index (χ1) is 9.15. The first-order valence-corrected chi connectivity index (χ1v) is 7.13. The fraction of sp³-hybridized carbons (Fsp3) is 0.286. The number of aryl methyl sites for hydroxylation is 1. The van der Waals surface area contributed by atoms with E-state index < -0.39 is 0 Å². The molecule has 1 unspecified atom stereocenters. The van der Waals surface area contributed by atoms with Crippen LogP contribution in [0.4, 0.5) is 5.82 Å². The van der Waals surface area contributed by atoms with Gasteiger partial charge in [0.2, 0.25) is 0 Å². The summed E-state index contributed by atoms with van der Waals surface area (Å²) in [6, 6.07) is 8.02. The van der Waals surface area contributed by atoms with Crippen molar-refractivity contribution in [1.29, 1.82) is 0 Å². The van der Waals surface area contributed by atoms with Gasteiger partial charge in [0.15, 0.2) is 11.9 Å². The summed E-state index contributed by atoms with van der Waals surface area (Å²) in [5.41, 5.74) is 7.76. The summed E-state index contributed by atoms with van der Waals surface area (Å²) in [6.45, 7) is 3.88. The van der Waals surface area contributed by atoms with E-state index in [0.29, 0.717) is 11.6 Å². The molecule has 4 nitrogen and oxygen atoms in total. The number of nitrogens with zero attached hydrogens (tertiary/aromatic N) is 2. The number of nitrogen functional groups attached to an aromatic ring is 1. The lowest BCUT2D eigenvalue weighted by atomic mass is 10.2. The zero-order valence-electron chi connectivity index (χ0n) is 10.9. The van der Waals surface area contributed by atoms with Crippen LogP contribution in [0.1, 0.15) is 23.2 Å². The van der Waals surface area contributed by atoms with E-state index in [1.807, 2.05) is 32.0 Å². The van der Waals surface area contributed by atoms with Crippen LogP contribution >= 0.6 is 11.8 Å². The molecule has 0 saturated heterocycles. The van der Waals surface area contributed by atoms with Gasteiger partial charge in [0.1, 0.15) is 11.6 Å². The van der Waals surface area contributed by atoms with Gasteiger partial charge in [-0.3, -0.25) is 0 Å². The molecule has 3 rings (SSSR count). The number of fused-ring (bicyclic) bond motifs is 1. The van der Waals surface area contributed by atoms with Crippen LogP contribution in [0.2, 0.25) is 0 Å². The number of ether oxygens (including phenoxy) is 1. The SMILES string of the molecule is Cc1nc(C2CSc3ccccc3O2)nc(N)c1C. The van der Waals surface area contributed by atoms with Crippen LogP contribution in [0.15, 0.2) is 29.2 Å². The Morgan fingerprint density at radius 2 is 2.05 bits per heavy atom. The van der Waals surface area contributed by atoms with Gasteiger partial charge in [-0.05, 0) is 26.0 Å². The molecule has 2 N–H and O–H groups in total. The lowest BCUT2D eigenvalue weighted by Crippen LogP contribution is -2.19. The Labute approximate surface area is 116 Å². The van der Waals surface area contributed by atoms with Gasteiger partial charge < -0.3 is 10.5 Å². The molecule has 1 aromatic heterocycles. The van der Waals surface area contributed by atoms with Gasteiger partial charge in [0, 0.05) is 21.9 Å². The van der Waals surface area contributed by atoms with Gasteiger partial charge in [-0.1, -0.05) is 12.1 Å². The average Bonchev–Trinajstić information content (AvgIpc) is 2.43. The van der Waals surface area contributed by atoms with Gasteiger partial charge in [0.05, 0.1) is 0 Å². The van der Waals surface area contributed by atoms with Crippen LogP contribution in [0, 0.1) is 13.8 Å². The second-order valence-corrected chi connectivity index (χ2v) is 5.60. The number of anilines is 1. The third-order valence-electron chi connectivity index (χ3n) is 3.24. The maximum Gasteiger partial charge on any atom is 0.172 e. The lowest BCUT2D eigenvalue weighted by molar-refractivity contribution is 0.210. The smallest absolute Gasteiger partial charge is 0.172 e. The highest BCUT2D eigenvalue weighted by molar-refractivity contribution is 7.99. The summed E-state index contributed by atoms with van der Waals surface area (Å²) in [5, 5.41) is 0. The maximum atomic E-state index is 5.97. The fourth-order valence-corrected chi connectivity index (χ4v) is 2.95. The molecular formula is C14H15N3OS. The summed E-state index contributed by atoms with van der Waals surface area (Å²) in [6.07, 6.45) is -0.138. The van der Waals surface area contributed by atoms with Crippen molar-refractivity contribution in [2.24, 2.45) is 0 Å². The molecule has 2 aromatic rings. The number of thioether (sulfide) groups is 1. The van der Waals surface area contributed by atoms with Gasteiger partial charge in [0.25, 0.3) is 0 Å². The van der Waals surface area contributed by atoms with Crippen LogP contribution in [0.3, 0.4) is 0 Å². The predicted molar refractivity (Wildman–Crippen MR) is 76.5 cm³/mol. The molecule has 0 saturated carbocycles. The van der Waals surface area contributed by atoms with Gasteiger partial charge in [-0.15, -0.1) is 11.8 Å². The summed E-state index contributed by atoms with van der Waals surface area (Å²) in [4.78, 5) is 10.0.